The number of ether oxygens (including phenoxy) is 1. The van der Waals surface area contributed by atoms with Crippen LogP contribution in [0.3, 0.4) is 0 Å². The Bertz CT molecular complexity index is 538. The van der Waals surface area contributed by atoms with Gasteiger partial charge in [0, 0.05) is 3.57 Å². The Hall–Kier alpha value is -1.84. The summed E-state index contributed by atoms with van der Waals surface area (Å²) in [7, 11) is 0. The summed E-state index contributed by atoms with van der Waals surface area (Å²) in [5.41, 5.74) is 16.6. The zero-order valence-electron chi connectivity index (χ0n) is 10.3. The topological polar surface area (TPSA) is 129 Å². The van der Waals surface area contributed by atoms with Crippen molar-refractivity contribution in [3.05, 3.63) is 27.3 Å². The fraction of sp³-hybridized carbons (Fsp3) is 0.182. The molecular formula is C11H14IN5O2. The molecule has 0 fully saturated rings. The summed E-state index contributed by atoms with van der Waals surface area (Å²) in [5.74, 6) is -0.812. The van der Waals surface area contributed by atoms with Crippen LogP contribution >= 0.6 is 22.6 Å². The van der Waals surface area contributed by atoms with Gasteiger partial charge in [0.05, 0.1) is 17.9 Å². The van der Waals surface area contributed by atoms with Gasteiger partial charge in [-0.1, -0.05) is 0 Å². The lowest BCUT2D eigenvalue weighted by Gasteiger charge is -2.06. The van der Waals surface area contributed by atoms with Gasteiger partial charge in [0.1, 0.15) is 0 Å². The lowest BCUT2D eigenvalue weighted by Crippen LogP contribution is -2.26. The average Bonchev–Trinajstić information content (AvgIpc) is 2.30. The molecule has 102 valence electrons. The molecule has 0 aliphatic carbocycles. The number of hydrogen-bond acceptors (Lipinski definition) is 3. The van der Waals surface area contributed by atoms with E-state index in [4.69, 9.17) is 21.9 Å². The van der Waals surface area contributed by atoms with E-state index in [0.29, 0.717) is 11.3 Å². The highest BCUT2D eigenvalue weighted by atomic mass is 127. The number of nitrogens with two attached hydrogens (primary N) is 3. The van der Waals surface area contributed by atoms with Crippen LogP contribution in [0.15, 0.2) is 28.2 Å². The van der Waals surface area contributed by atoms with Gasteiger partial charge in [0.15, 0.2) is 5.96 Å². The number of hydrogen-bond donors (Lipinski definition) is 3. The molecule has 0 aromatic heterocycles. The summed E-state index contributed by atoms with van der Waals surface area (Å²) in [6.45, 7) is 2.00. The minimum Gasteiger partial charge on any atom is -0.462 e. The summed E-state index contributed by atoms with van der Waals surface area (Å²) in [4.78, 5) is 19.4. The maximum absolute atomic E-state index is 11.8. The van der Waals surface area contributed by atoms with Crippen molar-refractivity contribution in [1.82, 2.24) is 0 Å². The minimum absolute atomic E-state index is 0.133. The summed E-state index contributed by atoms with van der Waals surface area (Å²) in [6, 6.07) is 5.08. The maximum Gasteiger partial charge on any atom is 0.340 e. The Morgan fingerprint density at radius 2 is 2.05 bits per heavy atom. The van der Waals surface area contributed by atoms with E-state index in [9.17, 15) is 4.79 Å². The Labute approximate surface area is 124 Å². The summed E-state index contributed by atoms with van der Waals surface area (Å²) in [6.07, 6.45) is 0. The second-order valence-corrected chi connectivity index (χ2v) is 4.63. The van der Waals surface area contributed by atoms with Gasteiger partial charge in [-0.3, -0.25) is 0 Å². The molecule has 1 rings (SSSR count). The molecule has 0 saturated heterocycles. The van der Waals surface area contributed by atoms with Gasteiger partial charge in [0.2, 0.25) is 5.96 Å². The van der Waals surface area contributed by atoms with Crippen molar-refractivity contribution in [2.45, 2.75) is 6.92 Å². The van der Waals surface area contributed by atoms with E-state index in [1.54, 1.807) is 25.1 Å². The van der Waals surface area contributed by atoms with Crippen LogP contribution in [-0.4, -0.2) is 24.5 Å². The third-order valence-corrected chi connectivity index (χ3v) is 2.60. The van der Waals surface area contributed by atoms with Gasteiger partial charge < -0.3 is 21.9 Å². The van der Waals surface area contributed by atoms with Gasteiger partial charge >= 0.3 is 5.97 Å². The SMILES string of the molecule is CCOC(=O)c1cc(I)ccc1N=C(N)N=C(N)N. The van der Waals surface area contributed by atoms with Crippen LogP contribution in [0, 0.1) is 3.57 Å². The van der Waals surface area contributed by atoms with Crippen molar-refractivity contribution in [3.63, 3.8) is 0 Å². The number of aliphatic imine (C=N–C) groups is 2. The number of carbonyl (C=O) groups is 1. The van der Waals surface area contributed by atoms with E-state index in [1.807, 2.05) is 0 Å². The monoisotopic (exact) mass is 375 g/mol. The number of benzene rings is 1. The average molecular weight is 375 g/mol. The first-order valence-corrected chi connectivity index (χ1v) is 6.42. The number of halogens is 1. The molecule has 0 saturated carbocycles. The fourth-order valence-corrected chi connectivity index (χ4v) is 1.75. The summed E-state index contributed by atoms with van der Waals surface area (Å²) < 4.78 is 5.82. The molecule has 19 heavy (non-hydrogen) atoms. The molecule has 0 aliphatic rings. The van der Waals surface area contributed by atoms with Gasteiger partial charge in [-0.15, -0.1) is 0 Å². The Morgan fingerprint density at radius 1 is 1.37 bits per heavy atom. The van der Waals surface area contributed by atoms with Gasteiger partial charge in [-0.2, -0.15) is 4.99 Å². The highest BCUT2D eigenvalue weighted by Gasteiger charge is 2.13. The number of nitrogens with zero attached hydrogens (tertiary/aromatic N) is 2. The molecule has 8 heteroatoms. The Morgan fingerprint density at radius 3 is 2.63 bits per heavy atom. The van der Waals surface area contributed by atoms with E-state index in [2.05, 4.69) is 32.6 Å². The molecule has 6 N–H and O–H groups in total. The van der Waals surface area contributed by atoms with Crippen molar-refractivity contribution < 1.29 is 9.53 Å². The summed E-state index contributed by atoms with van der Waals surface area (Å²) >= 11 is 2.08. The van der Waals surface area contributed by atoms with Crippen molar-refractivity contribution in [2.24, 2.45) is 27.2 Å². The quantitative estimate of drug-likeness (QED) is 0.310. The van der Waals surface area contributed by atoms with Crippen molar-refractivity contribution in [1.29, 1.82) is 0 Å². The zero-order chi connectivity index (χ0) is 14.4. The number of esters is 1. The van der Waals surface area contributed by atoms with E-state index >= 15 is 0 Å². The van der Waals surface area contributed by atoms with Crippen LogP contribution in [0.1, 0.15) is 17.3 Å². The molecule has 1 aromatic carbocycles. The largest absolute Gasteiger partial charge is 0.462 e. The molecule has 1 aromatic rings. The van der Waals surface area contributed by atoms with Crippen LogP contribution in [0.2, 0.25) is 0 Å². The fourth-order valence-electron chi connectivity index (χ4n) is 1.26. The number of guanidine groups is 2. The normalized spacial score (nSPS) is 10.9. The van der Waals surface area contributed by atoms with Crippen molar-refractivity contribution in [2.75, 3.05) is 6.61 Å². The molecule has 0 heterocycles. The first-order valence-electron chi connectivity index (χ1n) is 5.34. The minimum atomic E-state index is -0.475. The third-order valence-electron chi connectivity index (χ3n) is 1.93. The molecule has 0 radical (unpaired) electrons. The maximum atomic E-state index is 11.8. The van der Waals surface area contributed by atoms with E-state index in [-0.39, 0.29) is 18.5 Å². The molecule has 0 atom stereocenters. The molecule has 0 bridgehead atoms. The second kappa shape index (κ2) is 6.92. The molecule has 0 aliphatic heterocycles. The number of rotatable bonds is 3. The predicted molar refractivity (Wildman–Crippen MR) is 82.2 cm³/mol. The first kappa shape index (κ1) is 15.2. The second-order valence-electron chi connectivity index (χ2n) is 3.39. The smallest absolute Gasteiger partial charge is 0.340 e. The lowest BCUT2D eigenvalue weighted by atomic mass is 10.2. The van der Waals surface area contributed by atoms with Crippen molar-refractivity contribution in [3.8, 4) is 0 Å². The zero-order valence-corrected chi connectivity index (χ0v) is 12.4. The first-order chi connectivity index (χ1) is 8.93. The third kappa shape index (κ3) is 4.73. The summed E-state index contributed by atoms with van der Waals surface area (Å²) in [5, 5.41) is 0. The van der Waals surface area contributed by atoms with E-state index in [0.717, 1.165) is 3.57 Å². The van der Waals surface area contributed by atoms with Crippen LogP contribution in [0.25, 0.3) is 0 Å². The Balaban J connectivity index is 3.20. The Kier molecular flexibility index (Phi) is 5.55. The van der Waals surface area contributed by atoms with E-state index in [1.165, 1.54) is 0 Å². The van der Waals surface area contributed by atoms with Crippen LogP contribution in [0.5, 0.6) is 0 Å². The standard InChI is InChI=1S/C11H14IN5O2/c1-2-19-9(18)7-5-6(12)3-4-8(7)16-11(15)17-10(13)14/h3-5H,2H2,1H3,(H6,13,14,15,16,17). The molecular weight excluding hydrogens is 361 g/mol. The van der Waals surface area contributed by atoms with Crippen LogP contribution < -0.4 is 17.2 Å². The molecule has 0 unspecified atom stereocenters. The highest BCUT2D eigenvalue weighted by molar-refractivity contribution is 14.1. The van der Waals surface area contributed by atoms with Gasteiger partial charge in [0.25, 0.3) is 0 Å². The predicted octanol–water partition coefficient (Wildman–Crippen LogP) is 0.688. The van der Waals surface area contributed by atoms with Crippen molar-refractivity contribution >= 4 is 46.2 Å². The molecule has 0 spiro atoms. The van der Waals surface area contributed by atoms with Gasteiger partial charge in [-0.05, 0) is 47.7 Å². The van der Waals surface area contributed by atoms with E-state index < -0.39 is 5.97 Å². The van der Waals surface area contributed by atoms with Gasteiger partial charge in [-0.25, -0.2) is 9.79 Å². The molecule has 0 amide bonds. The van der Waals surface area contributed by atoms with Crippen LogP contribution in [-0.2, 0) is 4.74 Å². The highest BCUT2D eigenvalue weighted by Crippen LogP contribution is 2.22. The lowest BCUT2D eigenvalue weighted by molar-refractivity contribution is 0.0527. The van der Waals surface area contributed by atoms with Crippen LogP contribution in [0.4, 0.5) is 5.69 Å². The molecule has 7 nitrogen and oxygen atoms in total. The number of carbonyl (C=O) groups excluding carboxylic acids is 1.